The predicted molar refractivity (Wildman–Crippen MR) is 92.6 cm³/mol. The Morgan fingerprint density at radius 2 is 1.86 bits per heavy atom. The zero-order valence-corrected chi connectivity index (χ0v) is 15.4. The van der Waals surface area contributed by atoms with Crippen molar-refractivity contribution < 1.29 is 32.3 Å². The van der Waals surface area contributed by atoms with Gasteiger partial charge in [0.05, 0.1) is 11.8 Å². The van der Waals surface area contributed by atoms with Gasteiger partial charge in [-0.15, -0.1) is 0 Å². The molecule has 11 heteroatoms. The molecule has 0 atom stereocenters. The Bertz CT molecular complexity index is 890. The van der Waals surface area contributed by atoms with Gasteiger partial charge in [-0.2, -0.15) is 13.2 Å². The van der Waals surface area contributed by atoms with Crippen LogP contribution in [-0.4, -0.2) is 56.1 Å². The summed E-state index contributed by atoms with van der Waals surface area (Å²) in [4.78, 5) is 35.4. The molecule has 7 nitrogen and oxygen atoms in total. The molecule has 0 radical (unpaired) electrons. The largest absolute Gasteiger partial charge is 0.490 e. The van der Waals surface area contributed by atoms with Crippen LogP contribution in [0.15, 0.2) is 24.8 Å². The van der Waals surface area contributed by atoms with Crippen molar-refractivity contribution in [2.45, 2.75) is 32.4 Å². The summed E-state index contributed by atoms with van der Waals surface area (Å²) < 4.78 is 45.5. The third kappa shape index (κ3) is 5.69. The van der Waals surface area contributed by atoms with Crippen molar-refractivity contribution >= 4 is 11.9 Å². The zero-order valence-electron chi connectivity index (χ0n) is 15.4. The van der Waals surface area contributed by atoms with Crippen LogP contribution in [0, 0.1) is 5.82 Å². The number of carbonyl (C=O) groups excluding carboxylic acids is 1. The standard InChI is InChI=1S/C16H17FN4O.C2HF3O2/c1-2-14-12-4-7-21(8-5-15(12)20-10-19-14)16(22)11-3-6-18-9-13(11)17;3-2(4,5)1(6)7/h3,6,9-10H,2,4-5,7-8H2,1H3;(H,6,7). The first-order chi connectivity index (χ1) is 13.6. The van der Waals surface area contributed by atoms with Gasteiger partial charge in [0.15, 0.2) is 5.82 Å². The number of nitrogens with zero attached hydrogens (tertiary/aromatic N) is 4. The second kappa shape index (κ2) is 9.39. The number of alkyl halides is 3. The van der Waals surface area contributed by atoms with E-state index in [9.17, 15) is 22.4 Å². The third-order valence-electron chi connectivity index (χ3n) is 4.24. The number of halogens is 4. The fourth-order valence-corrected chi connectivity index (χ4v) is 2.82. The molecule has 0 aliphatic carbocycles. The van der Waals surface area contributed by atoms with Gasteiger partial charge < -0.3 is 10.0 Å². The normalized spacial score (nSPS) is 13.6. The zero-order chi connectivity index (χ0) is 21.6. The van der Waals surface area contributed by atoms with Gasteiger partial charge in [0.25, 0.3) is 5.91 Å². The number of rotatable bonds is 2. The molecule has 0 saturated heterocycles. The number of carbonyl (C=O) groups is 2. The van der Waals surface area contributed by atoms with Crippen molar-refractivity contribution in [3.05, 3.63) is 53.1 Å². The van der Waals surface area contributed by atoms with E-state index < -0.39 is 18.0 Å². The van der Waals surface area contributed by atoms with Crippen LogP contribution in [0.25, 0.3) is 0 Å². The van der Waals surface area contributed by atoms with Crippen LogP contribution in [0.4, 0.5) is 17.6 Å². The number of amides is 1. The van der Waals surface area contributed by atoms with E-state index in [1.807, 2.05) is 0 Å². The van der Waals surface area contributed by atoms with Crippen LogP contribution in [0.2, 0.25) is 0 Å². The molecule has 0 saturated carbocycles. The molecule has 2 aromatic rings. The van der Waals surface area contributed by atoms with E-state index in [1.165, 1.54) is 12.3 Å². The molecule has 0 fully saturated rings. The number of aryl methyl sites for hydroxylation is 1. The highest BCUT2D eigenvalue weighted by atomic mass is 19.4. The SMILES string of the molecule is CCc1ncnc2c1CCN(C(=O)c1ccncc1F)CC2.O=C(O)C(F)(F)F. The van der Waals surface area contributed by atoms with E-state index in [0.717, 1.165) is 29.6 Å². The summed E-state index contributed by atoms with van der Waals surface area (Å²) in [6, 6.07) is 1.42. The van der Waals surface area contributed by atoms with Crippen molar-refractivity contribution in [3.8, 4) is 0 Å². The van der Waals surface area contributed by atoms with Crippen molar-refractivity contribution in [1.29, 1.82) is 0 Å². The Hall–Kier alpha value is -3.11. The molecule has 2 aromatic heterocycles. The van der Waals surface area contributed by atoms with Gasteiger partial charge in [-0.1, -0.05) is 6.92 Å². The molecule has 0 spiro atoms. The second-order valence-electron chi connectivity index (χ2n) is 6.05. The van der Waals surface area contributed by atoms with Crippen LogP contribution in [0.5, 0.6) is 0 Å². The molecular formula is C18H18F4N4O3. The lowest BCUT2D eigenvalue weighted by molar-refractivity contribution is -0.192. The van der Waals surface area contributed by atoms with Gasteiger partial charge >= 0.3 is 12.1 Å². The molecule has 0 bridgehead atoms. The second-order valence-corrected chi connectivity index (χ2v) is 6.05. The summed E-state index contributed by atoms with van der Waals surface area (Å²) in [7, 11) is 0. The van der Waals surface area contributed by atoms with Crippen LogP contribution < -0.4 is 0 Å². The number of carboxylic acids is 1. The number of pyridine rings is 1. The minimum Gasteiger partial charge on any atom is -0.475 e. The van der Waals surface area contributed by atoms with E-state index in [0.29, 0.717) is 25.9 Å². The van der Waals surface area contributed by atoms with Gasteiger partial charge in [-0.3, -0.25) is 9.78 Å². The quantitative estimate of drug-likeness (QED) is 0.759. The first kappa shape index (κ1) is 22.2. The van der Waals surface area contributed by atoms with E-state index >= 15 is 0 Å². The molecule has 1 amide bonds. The Morgan fingerprint density at radius 1 is 1.21 bits per heavy atom. The maximum Gasteiger partial charge on any atom is 0.490 e. The molecule has 29 heavy (non-hydrogen) atoms. The number of hydrogen-bond acceptors (Lipinski definition) is 5. The first-order valence-electron chi connectivity index (χ1n) is 8.65. The maximum absolute atomic E-state index is 13.7. The maximum atomic E-state index is 13.7. The Kier molecular flexibility index (Phi) is 7.18. The number of aliphatic carboxylic acids is 1. The van der Waals surface area contributed by atoms with Crippen molar-refractivity contribution in [2.75, 3.05) is 13.1 Å². The minimum atomic E-state index is -5.08. The Balaban J connectivity index is 0.000000370. The number of aromatic nitrogens is 3. The van der Waals surface area contributed by atoms with Crippen molar-refractivity contribution in [3.63, 3.8) is 0 Å². The Labute approximate surface area is 163 Å². The monoisotopic (exact) mass is 414 g/mol. The van der Waals surface area contributed by atoms with Crippen LogP contribution >= 0.6 is 0 Å². The minimum absolute atomic E-state index is 0.0720. The third-order valence-corrected chi connectivity index (χ3v) is 4.24. The Morgan fingerprint density at radius 3 is 2.45 bits per heavy atom. The molecule has 1 N–H and O–H groups in total. The lowest BCUT2D eigenvalue weighted by Crippen LogP contribution is -2.33. The van der Waals surface area contributed by atoms with Crippen LogP contribution in [0.3, 0.4) is 0 Å². The smallest absolute Gasteiger partial charge is 0.475 e. The van der Waals surface area contributed by atoms with E-state index in [2.05, 4.69) is 21.9 Å². The van der Waals surface area contributed by atoms with E-state index in [1.54, 1.807) is 11.2 Å². The van der Waals surface area contributed by atoms with E-state index in [-0.39, 0.29) is 11.5 Å². The molecule has 0 unspecified atom stereocenters. The lowest BCUT2D eigenvalue weighted by Gasteiger charge is -2.20. The summed E-state index contributed by atoms with van der Waals surface area (Å²) in [6.07, 6.45) is 1.22. The topological polar surface area (TPSA) is 96.3 Å². The summed E-state index contributed by atoms with van der Waals surface area (Å²) >= 11 is 0. The lowest BCUT2D eigenvalue weighted by atomic mass is 10.1. The summed E-state index contributed by atoms with van der Waals surface area (Å²) in [5, 5.41) is 7.12. The average molecular weight is 414 g/mol. The molecule has 3 rings (SSSR count). The summed E-state index contributed by atoms with van der Waals surface area (Å²) in [5.74, 6) is -3.63. The molecule has 1 aliphatic heterocycles. The molecular weight excluding hydrogens is 396 g/mol. The van der Waals surface area contributed by atoms with Gasteiger partial charge in [-0.25, -0.2) is 19.2 Å². The first-order valence-corrected chi connectivity index (χ1v) is 8.65. The molecule has 3 heterocycles. The number of hydrogen-bond donors (Lipinski definition) is 1. The number of carboxylic acid groups (broad SMARTS) is 1. The molecule has 156 valence electrons. The molecule has 0 aromatic carbocycles. The highest BCUT2D eigenvalue weighted by molar-refractivity contribution is 5.94. The highest BCUT2D eigenvalue weighted by Gasteiger charge is 2.38. The van der Waals surface area contributed by atoms with Crippen molar-refractivity contribution in [2.24, 2.45) is 0 Å². The fourth-order valence-electron chi connectivity index (χ4n) is 2.82. The van der Waals surface area contributed by atoms with Gasteiger partial charge in [-0.05, 0) is 24.5 Å². The van der Waals surface area contributed by atoms with Crippen LogP contribution in [0.1, 0.15) is 34.2 Å². The van der Waals surface area contributed by atoms with Crippen LogP contribution in [-0.2, 0) is 24.1 Å². The van der Waals surface area contributed by atoms with E-state index in [4.69, 9.17) is 9.90 Å². The molecule has 1 aliphatic rings. The van der Waals surface area contributed by atoms with Gasteiger partial charge in [0, 0.05) is 37.1 Å². The highest BCUT2D eigenvalue weighted by Crippen LogP contribution is 2.19. The fraction of sp³-hybridized carbons (Fsp3) is 0.389. The average Bonchev–Trinajstić information content (AvgIpc) is 2.90. The summed E-state index contributed by atoms with van der Waals surface area (Å²) in [6.45, 7) is 3.14. The summed E-state index contributed by atoms with van der Waals surface area (Å²) in [5.41, 5.74) is 3.24. The van der Waals surface area contributed by atoms with Gasteiger partial charge in [0.2, 0.25) is 0 Å². The predicted octanol–water partition coefficient (Wildman–Crippen LogP) is 2.45. The van der Waals surface area contributed by atoms with Gasteiger partial charge in [0.1, 0.15) is 6.33 Å². The number of fused-ring (bicyclic) bond motifs is 1. The van der Waals surface area contributed by atoms with Crippen molar-refractivity contribution in [1.82, 2.24) is 19.9 Å².